The lowest BCUT2D eigenvalue weighted by molar-refractivity contribution is 0.654. The summed E-state index contributed by atoms with van der Waals surface area (Å²) in [7, 11) is 0. The van der Waals surface area contributed by atoms with Gasteiger partial charge in [0.2, 0.25) is 0 Å². The molecule has 2 heteroatoms. The van der Waals surface area contributed by atoms with Crippen molar-refractivity contribution in [1.29, 1.82) is 0 Å². The molecule has 2 nitrogen and oxygen atoms in total. The van der Waals surface area contributed by atoms with E-state index in [9.17, 15) is 0 Å². The van der Waals surface area contributed by atoms with Gasteiger partial charge in [0.15, 0.2) is 0 Å². The van der Waals surface area contributed by atoms with Gasteiger partial charge < -0.3 is 9.80 Å². The van der Waals surface area contributed by atoms with Crippen molar-refractivity contribution in [2.75, 3.05) is 9.80 Å². The lowest BCUT2D eigenvalue weighted by Gasteiger charge is -2.29. The van der Waals surface area contributed by atoms with E-state index in [1.54, 1.807) is 0 Å². The molecule has 8 aromatic carbocycles. The van der Waals surface area contributed by atoms with Crippen LogP contribution < -0.4 is 9.80 Å². The first-order valence-electron chi connectivity index (χ1n) is 26.0. The first-order chi connectivity index (χ1) is 34.9. The second kappa shape index (κ2) is 20.2. The average Bonchev–Trinajstić information content (AvgIpc) is 3.77. The molecule has 0 amide bonds. The number of anilines is 6. The van der Waals surface area contributed by atoms with Crippen LogP contribution >= 0.6 is 0 Å². The molecule has 10 rings (SSSR count). The summed E-state index contributed by atoms with van der Waals surface area (Å²) < 4.78 is 0. The molecular weight excluding hydrogens is 869 g/mol. The van der Waals surface area contributed by atoms with Gasteiger partial charge in [0, 0.05) is 45.0 Å². The van der Waals surface area contributed by atoms with E-state index in [1.807, 2.05) is 19.9 Å². The van der Waals surface area contributed by atoms with Crippen LogP contribution in [0.1, 0.15) is 110 Å². The number of hydrogen-bond acceptors (Lipinski definition) is 2. The van der Waals surface area contributed by atoms with E-state index in [1.165, 1.54) is 88.7 Å². The van der Waals surface area contributed by atoms with Crippen molar-refractivity contribution >= 4 is 56.0 Å². The van der Waals surface area contributed by atoms with Crippen LogP contribution in [-0.2, 0) is 17.3 Å². The van der Waals surface area contributed by atoms with E-state index in [-0.39, 0.29) is 10.8 Å². The Morgan fingerprint density at radius 3 is 1.58 bits per heavy atom. The first kappa shape index (κ1) is 49.3. The second-order valence-electron chi connectivity index (χ2n) is 20.2. The van der Waals surface area contributed by atoms with Gasteiger partial charge in [-0.3, -0.25) is 0 Å². The van der Waals surface area contributed by atoms with Crippen LogP contribution in [0.25, 0.3) is 44.2 Å². The van der Waals surface area contributed by atoms with E-state index in [0.29, 0.717) is 0 Å². The van der Waals surface area contributed by atoms with E-state index in [2.05, 4.69) is 273 Å². The fourth-order valence-electron chi connectivity index (χ4n) is 11.3. The lowest BCUT2D eigenvalue weighted by Crippen LogP contribution is -2.17. The van der Waals surface area contributed by atoms with Gasteiger partial charge >= 0.3 is 0 Å². The minimum Gasteiger partial charge on any atom is -0.310 e. The Morgan fingerprint density at radius 1 is 0.500 bits per heavy atom. The molecule has 72 heavy (non-hydrogen) atoms. The van der Waals surface area contributed by atoms with Crippen molar-refractivity contribution < 1.29 is 0 Å². The zero-order valence-corrected chi connectivity index (χ0v) is 44.4. The third-order valence-corrected chi connectivity index (χ3v) is 15.0. The summed E-state index contributed by atoms with van der Waals surface area (Å²) in [6, 6.07) is 63.6. The van der Waals surface area contributed by atoms with E-state index < -0.39 is 0 Å². The molecular formula is C70H70N2. The van der Waals surface area contributed by atoms with Crippen molar-refractivity contribution in [2.24, 2.45) is 0 Å². The molecule has 0 heterocycles. The van der Waals surface area contributed by atoms with Gasteiger partial charge in [0.25, 0.3) is 0 Å². The minimum atomic E-state index is -0.181. The average molecular weight is 939 g/mol. The third-order valence-electron chi connectivity index (χ3n) is 15.0. The highest BCUT2D eigenvalue weighted by Gasteiger charge is 2.37. The molecule has 0 bridgehead atoms. The van der Waals surface area contributed by atoms with E-state index in [0.717, 1.165) is 40.5 Å². The quantitative estimate of drug-likeness (QED) is 0.113. The summed E-state index contributed by atoms with van der Waals surface area (Å²) in [5, 5.41) is 2.45. The molecule has 0 atom stereocenters. The van der Waals surface area contributed by atoms with Crippen LogP contribution in [0.2, 0.25) is 0 Å². The second-order valence-corrected chi connectivity index (χ2v) is 20.2. The molecule has 2 aliphatic carbocycles. The summed E-state index contributed by atoms with van der Waals surface area (Å²) >= 11 is 0. The maximum atomic E-state index is 4.25. The van der Waals surface area contributed by atoms with Gasteiger partial charge in [-0.2, -0.15) is 0 Å². The van der Waals surface area contributed by atoms with Crippen LogP contribution in [0.3, 0.4) is 0 Å². The molecule has 2 aliphatic rings. The number of benzene rings is 8. The van der Waals surface area contributed by atoms with Crippen molar-refractivity contribution in [3.05, 3.63) is 251 Å². The highest BCUT2D eigenvalue weighted by Crippen LogP contribution is 2.52. The number of nitrogens with zero attached hydrogens (tertiary/aromatic N) is 2. The first-order valence-corrected chi connectivity index (χ1v) is 26.0. The standard InChI is InChI=1S/C68H64N2.C2H6/c1-11-19-58(45(5)6)59-38-35-54(41-46(59)13-3)70(55-36-39-61-57(14-4)63(20-12-2)67(7,8)65(61)43-55)52-32-27-49(28-33-52)48-25-30-51(31-26-48)69(53-34-29-47-21-15-16-22-50(47)42-53)56-37-40-62-60-23-17-18-24-64(60)68(9,10)66(62)44-56;1-2/h11-12,14-44H,4,13H2,1-3,5-10H3;1-2H3/b19-11-,20-12-;. The van der Waals surface area contributed by atoms with Crippen LogP contribution in [0.5, 0.6) is 0 Å². The summed E-state index contributed by atoms with van der Waals surface area (Å²) in [5.41, 5.74) is 24.5. The fraction of sp³-hybridized carbons (Fsp3) is 0.200. The zero-order valence-electron chi connectivity index (χ0n) is 44.4. The summed E-state index contributed by atoms with van der Waals surface area (Å²) in [6.45, 7) is 28.5. The molecule has 0 N–H and O–H groups in total. The Morgan fingerprint density at radius 2 is 1.00 bits per heavy atom. The molecule has 8 aromatic rings. The lowest BCUT2D eigenvalue weighted by atomic mass is 9.80. The minimum absolute atomic E-state index is 0.106. The predicted octanol–water partition coefficient (Wildman–Crippen LogP) is 20.5. The van der Waals surface area contributed by atoms with Crippen molar-refractivity contribution in [3.63, 3.8) is 0 Å². The van der Waals surface area contributed by atoms with Crippen LogP contribution in [0, 0.1) is 0 Å². The van der Waals surface area contributed by atoms with Crippen molar-refractivity contribution in [3.8, 4) is 22.3 Å². The largest absolute Gasteiger partial charge is 0.310 e. The zero-order chi connectivity index (χ0) is 50.9. The molecule has 0 saturated carbocycles. The van der Waals surface area contributed by atoms with Crippen LogP contribution in [0.15, 0.2) is 218 Å². The monoisotopic (exact) mass is 939 g/mol. The van der Waals surface area contributed by atoms with Gasteiger partial charge in [-0.15, -0.1) is 0 Å². The highest BCUT2D eigenvalue weighted by atomic mass is 15.1. The number of rotatable bonds is 12. The third kappa shape index (κ3) is 8.68. The Bertz CT molecular complexity index is 3450. The molecule has 0 radical (unpaired) electrons. The SMILES string of the molecule is C=CC1=C(/C=C\C)C(C)(C)c2cc(N(c3ccc(-c4ccc(N(c5ccc6c(c5)C(C)(C)c5ccccc5-6)c5ccc6ccccc6c5)cc4)cc3)c3ccc(C(/C=C\C)=C(C)C)c(CC)c3)ccc21.CC. The number of aryl methyl sites for hydroxylation is 1. The summed E-state index contributed by atoms with van der Waals surface area (Å²) in [5.74, 6) is 0. The highest BCUT2D eigenvalue weighted by molar-refractivity contribution is 5.93. The Hall–Kier alpha value is -7.68. The van der Waals surface area contributed by atoms with Gasteiger partial charge in [0.05, 0.1) is 0 Å². The predicted molar refractivity (Wildman–Crippen MR) is 315 cm³/mol. The molecule has 0 spiro atoms. The maximum absolute atomic E-state index is 4.25. The Balaban J connectivity index is 0.00000316. The normalized spacial score (nSPS) is 13.9. The Labute approximate surface area is 430 Å². The molecule has 0 unspecified atom stereocenters. The van der Waals surface area contributed by atoms with Crippen molar-refractivity contribution in [1.82, 2.24) is 0 Å². The van der Waals surface area contributed by atoms with E-state index >= 15 is 0 Å². The molecule has 0 saturated heterocycles. The van der Waals surface area contributed by atoms with Gasteiger partial charge in [0.1, 0.15) is 0 Å². The van der Waals surface area contributed by atoms with Gasteiger partial charge in [-0.1, -0.05) is 188 Å². The van der Waals surface area contributed by atoms with Gasteiger partial charge in [-0.05, 0) is 190 Å². The Kier molecular flexibility index (Phi) is 13.8. The molecule has 0 aliphatic heterocycles. The molecule has 360 valence electrons. The molecule has 0 fully saturated rings. The summed E-state index contributed by atoms with van der Waals surface area (Å²) in [6.07, 6.45) is 11.7. The van der Waals surface area contributed by atoms with Gasteiger partial charge in [-0.25, -0.2) is 0 Å². The molecule has 0 aromatic heterocycles. The number of allylic oxidation sites excluding steroid dienone is 9. The smallest absolute Gasteiger partial charge is 0.0468 e. The summed E-state index contributed by atoms with van der Waals surface area (Å²) in [4.78, 5) is 4.85. The van der Waals surface area contributed by atoms with Crippen molar-refractivity contribution in [2.45, 2.75) is 93.4 Å². The van der Waals surface area contributed by atoms with E-state index in [4.69, 9.17) is 0 Å². The fourth-order valence-corrected chi connectivity index (χ4v) is 11.3. The van der Waals surface area contributed by atoms with Crippen LogP contribution in [-0.4, -0.2) is 0 Å². The topological polar surface area (TPSA) is 6.48 Å². The maximum Gasteiger partial charge on any atom is 0.0468 e. The van der Waals surface area contributed by atoms with Crippen LogP contribution in [0.4, 0.5) is 34.1 Å². The number of fused-ring (bicyclic) bond motifs is 5. The number of hydrogen-bond donors (Lipinski definition) is 0.